The molecular formula is C24H25BN4O. The summed E-state index contributed by atoms with van der Waals surface area (Å²) in [6.07, 6.45) is 0. The topological polar surface area (TPSA) is 61.0 Å². The van der Waals surface area contributed by atoms with Gasteiger partial charge in [-0.15, -0.1) is 0 Å². The third-order valence-corrected chi connectivity index (χ3v) is 5.31. The van der Waals surface area contributed by atoms with E-state index in [4.69, 9.17) is 4.98 Å². The summed E-state index contributed by atoms with van der Waals surface area (Å²) >= 11 is 0. The first-order valence-electron chi connectivity index (χ1n) is 10.3. The lowest BCUT2D eigenvalue weighted by Gasteiger charge is -2.24. The maximum atomic E-state index is 12.9. The van der Waals surface area contributed by atoms with Crippen molar-refractivity contribution in [3.05, 3.63) is 72.3 Å². The summed E-state index contributed by atoms with van der Waals surface area (Å²) < 4.78 is 0. The van der Waals surface area contributed by atoms with E-state index in [0.717, 1.165) is 52.3 Å². The zero-order chi connectivity index (χ0) is 21.1. The number of nitrogens with one attached hydrogen (secondary N) is 2. The molecule has 0 saturated heterocycles. The second kappa shape index (κ2) is 8.45. The number of rotatable bonds is 6. The predicted molar refractivity (Wildman–Crippen MR) is 128 cm³/mol. The van der Waals surface area contributed by atoms with Gasteiger partial charge >= 0.3 is 0 Å². The second-order valence-electron chi connectivity index (χ2n) is 7.33. The largest absolute Gasteiger partial charge is 0.370 e. The molecule has 0 bridgehead atoms. The van der Waals surface area contributed by atoms with Gasteiger partial charge in [-0.1, -0.05) is 60.1 Å². The van der Waals surface area contributed by atoms with E-state index in [2.05, 4.69) is 35.1 Å². The number of H-pyrrole nitrogens is 1. The summed E-state index contributed by atoms with van der Waals surface area (Å²) in [5, 5.41) is 3.10. The highest BCUT2D eigenvalue weighted by atomic mass is 16.1. The van der Waals surface area contributed by atoms with Crippen molar-refractivity contribution in [1.82, 2.24) is 9.97 Å². The fraction of sp³-hybridized carbons (Fsp3) is 0.167. The Morgan fingerprint density at radius 1 is 1.03 bits per heavy atom. The zero-order valence-electron chi connectivity index (χ0n) is 17.6. The first-order valence-corrected chi connectivity index (χ1v) is 10.3. The Morgan fingerprint density at radius 2 is 1.73 bits per heavy atom. The Balaban J connectivity index is 1.76. The summed E-state index contributed by atoms with van der Waals surface area (Å²) in [4.78, 5) is 23.3. The maximum Gasteiger partial charge on any atom is 0.255 e. The van der Waals surface area contributed by atoms with Crippen molar-refractivity contribution in [2.75, 3.05) is 23.3 Å². The number of anilines is 2. The normalized spacial score (nSPS) is 10.9. The van der Waals surface area contributed by atoms with E-state index in [1.165, 1.54) is 0 Å². The number of nitrogens with zero attached hydrogens (tertiary/aromatic N) is 2. The monoisotopic (exact) mass is 396 g/mol. The van der Waals surface area contributed by atoms with E-state index in [1.54, 1.807) is 0 Å². The molecule has 0 unspecified atom stereocenters. The van der Waals surface area contributed by atoms with Crippen molar-refractivity contribution in [1.29, 1.82) is 0 Å². The van der Waals surface area contributed by atoms with Crippen LogP contribution in [0.4, 0.5) is 11.4 Å². The second-order valence-corrected chi connectivity index (χ2v) is 7.33. The van der Waals surface area contributed by atoms with Crippen molar-refractivity contribution >= 4 is 41.6 Å². The average Bonchev–Trinajstić information content (AvgIpc) is 3.19. The highest BCUT2D eigenvalue weighted by Crippen LogP contribution is 2.32. The van der Waals surface area contributed by atoms with Gasteiger partial charge in [-0.05, 0) is 26.0 Å². The number of fused-ring (bicyclic) bond motifs is 1. The Kier molecular flexibility index (Phi) is 5.57. The van der Waals surface area contributed by atoms with Crippen molar-refractivity contribution in [3.63, 3.8) is 0 Å². The van der Waals surface area contributed by atoms with Gasteiger partial charge in [0, 0.05) is 24.2 Å². The number of aromatic amines is 1. The van der Waals surface area contributed by atoms with E-state index in [1.807, 2.05) is 68.5 Å². The molecule has 4 aromatic rings. The molecule has 30 heavy (non-hydrogen) atoms. The van der Waals surface area contributed by atoms with Crippen LogP contribution >= 0.6 is 0 Å². The first-order chi connectivity index (χ1) is 14.6. The molecule has 150 valence electrons. The van der Waals surface area contributed by atoms with Gasteiger partial charge in [-0.25, -0.2) is 4.98 Å². The molecule has 0 aliphatic carbocycles. The molecule has 4 rings (SSSR count). The van der Waals surface area contributed by atoms with Crippen LogP contribution in [0.5, 0.6) is 0 Å². The smallest absolute Gasteiger partial charge is 0.255 e. The Hall–Kier alpha value is -3.54. The summed E-state index contributed by atoms with van der Waals surface area (Å²) in [5.41, 5.74) is 6.32. The minimum atomic E-state index is -0.124. The van der Waals surface area contributed by atoms with E-state index in [9.17, 15) is 4.79 Å². The van der Waals surface area contributed by atoms with E-state index >= 15 is 0 Å². The van der Waals surface area contributed by atoms with Gasteiger partial charge in [-0.2, -0.15) is 0 Å². The molecular weight excluding hydrogens is 371 g/mol. The fourth-order valence-corrected chi connectivity index (χ4v) is 3.60. The van der Waals surface area contributed by atoms with Gasteiger partial charge in [0.05, 0.1) is 22.4 Å². The van der Waals surface area contributed by atoms with Gasteiger partial charge in [0.1, 0.15) is 13.7 Å². The number of carbonyl (C=O) groups excluding carboxylic acids is 1. The quantitative estimate of drug-likeness (QED) is 0.490. The number of hydrogen-bond acceptors (Lipinski definition) is 3. The molecule has 0 spiro atoms. The SMILES string of the molecule is Bc1ccc(C(=O)Nc2cc3nc(-c4ccccc4)[nH]c3cc2N(CC)CC)cc1. The van der Waals surface area contributed by atoms with Crippen LogP contribution in [0.1, 0.15) is 24.2 Å². The minimum Gasteiger partial charge on any atom is -0.370 e. The van der Waals surface area contributed by atoms with Crippen LogP contribution in [-0.2, 0) is 0 Å². The third-order valence-electron chi connectivity index (χ3n) is 5.31. The first kappa shape index (κ1) is 19.8. The summed E-state index contributed by atoms with van der Waals surface area (Å²) in [6.45, 7) is 5.91. The van der Waals surface area contributed by atoms with Crippen LogP contribution in [-0.4, -0.2) is 36.8 Å². The average molecular weight is 396 g/mol. The van der Waals surface area contributed by atoms with Crippen molar-refractivity contribution in [2.45, 2.75) is 13.8 Å². The minimum absolute atomic E-state index is 0.124. The molecule has 0 radical (unpaired) electrons. The highest BCUT2D eigenvalue weighted by Gasteiger charge is 2.16. The number of benzene rings is 3. The summed E-state index contributed by atoms with van der Waals surface area (Å²) in [6, 6.07) is 21.7. The predicted octanol–water partition coefficient (Wildman–Crippen LogP) is 3.59. The van der Waals surface area contributed by atoms with Gasteiger partial charge in [-0.3, -0.25) is 4.79 Å². The fourth-order valence-electron chi connectivity index (χ4n) is 3.60. The van der Waals surface area contributed by atoms with Crippen molar-refractivity contribution < 1.29 is 4.79 Å². The Labute approximate surface area is 177 Å². The van der Waals surface area contributed by atoms with Crippen LogP contribution in [0.3, 0.4) is 0 Å². The summed E-state index contributed by atoms with van der Waals surface area (Å²) in [7, 11) is 2.01. The molecule has 0 atom stereocenters. The van der Waals surface area contributed by atoms with Crippen molar-refractivity contribution in [2.24, 2.45) is 0 Å². The van der Waals surface area contributed by atoms with Crippen LogP contribution < -0.4 is 15.7 Å². The number of hydrogen-bond donors (Lipinski definition) is 2. The van der Waals surface area contributed by atoms with Gasteiger partial charge < -0.3 is 15.2 Å². The van der Waals surface area contributed by atoms with Crippen LogP contribution in [0.2, 0.25) is 0 Å². The highest BCUT2D eigenvalue weighted by molar-refractivity contribution is 6.32. The molecule has 1 aromatic heterocycles. The molecule has 5 nitrogen and oxygen atoms in total. The Bertz CT molecular complexity index is 1170. The Morgan fingerprint density at radius 3 is 2.40 bits per heavy atom. The molecule has 2 N–H and O–H groups in total. The number of carbonyl (C=O) groups is 1. The molecule has 1 heterocycles. The van der Waals surface area contributed by atoms with Gasteiger partial charge in [0.15, 0.2) is 0 Å². The third kappa shape index (κ3) is 3.94. The summed E-state index contributed by atoms with van der Waals surface area (Å²) in [5.74, 6) is 0.694. The molecule has 0 aliphatic heterocycles. The lowest BCUT2D eigenvalue weighted by atomic mass is 9.95. The van der Waals surface area contributed by atoms with E-state index < -0.39 is 0 Å². The number of amides is 1. The van der Waals surface area contributed by atoms with Gasteiger partial charge in [0.25, 0.3) is 5.91 Å². The van der Waals surface area contributed by atoms with Crippen molar-refractivity contribution in [3.8, 4) is 11.4 Å². The molecule has 0 saturated carbocycles. The molecule has 0 fully saturated rings. The molecule has 1 amide bonds. The molecule has 6 heteroatoms. The lowest BCUT2D eigenvalue weighted by molar-refractivity contribution is 0.102. The lowest BCUT2D eigenvalue weighted by Crippen LogP contribution is -2.24. The van der Waals surface area contributed by atoms with E-state index in [0.29, 0.717) is 5.56 Å². The zero-order valence-corrected chi connectivity index (χ0v) is 17.6. The molecule has 3 aromatic carbocycles. The maximum absolute atomic E-state index is 12.9. The van der Waals surface area contributed by atoms with Crippen LogP contribution in [0, 0.1) is 0 Å². The standard InChI is InChI=1S/C24H25BN4O/c1-3-29(4-2)22-15-20-19(26-23(27-20)16-8-6-5-7-9-16)14-21(22)28-24(30)17-10-12-18(25)13-11-17/h5-15H,3-4,25H2,1-2H3,(H,26,27)(H,28,30). The molecule has 0 aliphatic rings. The number of aromatic nitrogens is 2. The van der Waals surface area contributed by atoms with Gasteiger partial charge in [0.2, 0.25) is 0 Å². The number of imidazole rings is 1. The van der Waals surface area contributed by atoms with E-state index in [-0.39, 0.29) is 5.91 Å². The van der Waals surface area contributed by atoms with Crippen LogP contribution in [0.15, 0.2) is 66.7 Å². The van der Waals surface area contributed by atoms with Crippen LogP contribution in [0.25, 0.3) is 22.4 Å².